The van der Waals surface area contributed by atoms with E-state index in [0.29, 0.717) is 0 Å². The monoisotopic (exact) mass is 387 g/mol. The molecule has 138 valence electrons. The first-order valence-electron chi connectivity index (χ1n) is 8.80. The molecular formula is C19H25N5S2. The Morgan fingerprint density at radius 3 is 3.00 bits per heavy atom. The zero-order valence-corrected chi connectivity index (χ0v) is 16.8. The van der Waals surface area contributed by atoms with E-state index in [4.69, 9.17) is 0 Å². The van der Waals surface area contributed by atoms with Gasteiger partial charge in [0.2, 0.25) is 0 Å². The lowest BCUT2D eigenvalue weighted by atomic mass is 10.1. The van der Waals surface area contributed by atoms with Crippen molar-refractivity contribution in [1.82, 2.24) is 20.6 Å². The van der Waals surface area contributed by atoms with Gasteiger partial charge >= 0.3 is 0 Å². The average molecular weight is 388 g/mol. The Labute approximate surface area is 162 Å². The van der Waals surface area contributed by atoms with Gasteiger partial charge in [-0.2, -0.15) is 0 Å². The molecule has 0 fully saturated rings. The molecule has 3 N–H and O–H groups in total. The molecule has 2 heterocycles. The molecule has 7 heteroatoms. The van der Waals surface area contributed by atoms with Crippen molar-refractivity contribution in [3.05, 3.63) is 47.1 Å². The Kier molecular flexibility index (Phi) is 6.96. The third kappa shape index (κ3) is 5.02. The van der Waals surface area contributed by atoms with Crippen LogP contribution < -0.4 is 10.6 Å². The van der Waals surface area contributed by atoms with Crippen molar-refractivity contribution >= 4 is 40.0 Å². The molecule has 0 radical (unpaired) electrons. The second-order valence-electron chi connectivity index (χ2n) is 5.99. The molecule has 0 unspecified atom stereocenters. The third-order valence-electron chi connectivity index (χ3n) is 4.15. The zero-order valence-electron chi connectivity index (χ0n) is 15.2. The number of aliphatic imine (C=N–C) groups is 1. The van der Waals surface area contributed by atoms with Gasteiger partial charge in [0.25, 0.3) is 0 Å². The predicted octanol–water partition coefficient (Wildman–Crippen LogP) is 3.82. The smallest absolute Gasteiger partial charge is 0.190 e. The summed E-state index contributed by atoms with van der Waals surface area (Å²) in [7, 11) is 1.81. The van der Waals surface area contributed by atoms with Crippen LogP contribution in [0.2, 0.25) is 0 Å². The van der Waals surface area contributed by atoms with Crippen molar-refractivity contribution < 1.29 is 0 Å². The highest BCUT2D eigenvalue weighted by Gasteiger charge is 2.06. The molecule has 0 aliphatic rings. The second kappa shape index (κ2) is 9.64. The summed E-state index contributed by atoms with van der Waals surface area (Å²) in [5.41, 5.74) is 3.88. The number of aromatic nitrogens is 2. The molecule has 0 aliphatic carbocycles. The Morgan fingerprint density at radius 1 is 1.31 bits per heavy atom. The zero-order chi connectivity index (χ0) is 18.2. The van der Waals surface area contributed by atoms with Crippen molar-refractivity contribution in [3.63, 3.8) is 0 Å². The number of aromatic amines is 1. The van der Waals surface area contributed by atoms with E-state index >= 15 is 0 Å². The normalized spacial score (nSPS) is 11.8. The molecule has 3 rings (SSSR count). The van der Waals surface area contributed by atoms with Crippen LogP contribution in [0.4, 0.5) is 0 Å². The fourth-order valence-electron chi connectivity index (χ4n) is 2.90. The Morgan fingerprint density at radius 2 is 2.19 bits per heavy atom. The summed E-state index contributed by atoms with van der Waals surface area (Å²) in [6.45, 7) is 3.93. The molecule has 5 nitrogen and oxygen atoms in total. The maximum Gasteiger partial charge on any atom is 0.190 e. The standard InChI is InChI=1S/C19H25N5S2/c1-14-5-3-6-16-17(14)15(13-24-16)7-9-22-18(20-2)21-8-4-11-25-19-23-10-12-26-19/h3,5-6,10,12-13,24H,4,7-9,11H2,1-2H3,(H2,20,21,22). The lowest BCUT2D eigenvalue weighted by Gasteiger charge is -2.11. The minimum absolute atomic E-state index is 0.856. The van der Waals surface area contributed by atoms with Gasteiger partial charge in [0.15, 0.2) is 5.96 Å². The molecule has 0 aliphatic heterocycles. The van der Waals surface area contributed by atoms with E-state index in [-0.39, 0.29) is 0 Å². The van der Waals surface area contributed by atoms with Gasteiger partial charge in [0.05, 0.1) is 0 Å². The van der Waals surface area contributed by atoms with Gasteiger partial charge in [0.1, 0.15) is 4.34 Å². The summed E-state index contributed by atoms with van der Waals surface area (Å²) < 4.78 is 1.14. The predicted molar refractivity (Wildman–Crippen MR) is 114 cm³/mol. The number of guanidine groups is 1. The third-order valence-corrected chi connectivity index (χ3v) is 6.21. The van der Waals surface area contributed by atoms with Gasteiger partial charge in [-0.15, -0.1) is 11.3 Å². The molecule has 0 saturated carbocycles. The maximum absolute atomic E-state index is 4.30. The topological polar surface area (TPSA) is 65.1 Å². The number of thioether (sulfide) groups is 1. The van der Waals surface area contributed by atoms with Crippen molar-refractivity contribution in [2.75, 3.05) is 25.9 Å². The summed E-state index contributed by atoms with van der Waals surface area (Å²) in [4.78, 5) is 11.9. The van der Waals surface area contributed by atoms with Gasteiger partial charge < -0.3 is 15.6 Å². The van der Waals surface area contributed by atoms with Crippen molar-refractivity contribution in [2.24, 2.45) is 4.99 Å². The van der Waals surface area contributed by atoms with Crippen LogP contribution in [0, 0.1) is 6.92 Å². The highest BCUT2D eigenvalue weighted by Crippen LogP contribution is 2.22. The number of nitrogens with zero attached hydrogens (tertiary/aromatic N) is 2. The molecule has 1 aromatic carbocycles. The van der Waals surface area contributed by atoms with E-state index in [1.807, 2.05) is 30.4 Å². The van der Waals surface area contributed by atoms with Gasteiger partial charge in [-0.1, -0.05) is 23.9 Å². The van der Waals surface area contributed by atoms with Crippen LogP contribution in [0.15, 0.2) is 45.3 Å². The van der Waals surface area contributed by atoms with E-state index in [1.54, 1.807) is 11.3 Å². The molecule has 0 amide bonds. The van der Waals surface area contributed by atoms with Crippen molar-refractivity contribution in [1.29, 1.82) is 0 Å². The minimum atomic E-state index is 0.856. The number of aryl methyl sites for hydroxylation is 1. The number of benzene rings is 1. The number of rotatable bonds is 8. The lowest BCUT2D eigenvalue weighted by molar-refractivity contribution is 0.778. The fraction of sp³-hybridized carbons (Fsp3) is 0.368. The van der Waals surface area contributed by atoms with Gasteiger partial charge in [-0.3, -0.25) is 4.99 Å². The van der Waals surface area contributed by atoms with Crippen LogP contribution in [0.1, 0.15) is 17.5 Å². The Hall–Kier alpha value is -1.99. The van der Waals surface area contributed by atoms with E-state index in [9.17, 15) is 0 Å². The molecule has 0 saturated heterocycles. The highest BCUT2D eigenvalue weighted by molar-refractivity contribution is 8.00. The molecule has 2 aromatic heterocycles. The van der Waals surface area contributed by atoms with Gasteiger partial charge in [-0.25, -0.2) is 4.98 Å². The summed E-state index contributed by atoms with van der Waals surface area (Å²) in [6.07, 6.45) is 6.01. The first-order valence-corrected chi connectivity index (χ1v) is 10.7. The Balaban J connectivity index is 1.38. The average Bonchev–Trinajstić information content (AvgIpc) is 3.30. The number of nitrogens with one attached hydrogen (secondary N) is 3. The molecular weight excluding hydrogens is 362 g/mol. The largest absolute Gasteiger partial charge is 0.361 e. The van der Waals surface area contributed by atoms with Crippen LogP contribution in [0.3, 0.4) is 0 Å². The molecule has 26 heavy (non-hydrogen) atoms. The Bertz CT molecular complexity index is 839. The molecule has 3 aromatic rings. The number of thiazole rings is 1. The minimum Gasteiger partial charge on any atom is -0.361 e. The molecule has 0 atom stereocenters. The van der Waals surface area contributed by atoms with Crippen LogP contribution in [0.5, 0.6) is 0 Å². The van der Waals surface area contributed by atoms with Gasteiger partial charge in [-0.05, 0) is 37.0 Å². The quantitative estimate of drug-likeness (QED) is 0.238. The van der Waals surface area contributed by atoms with E-state index in [2.05, 4.69) is 56.9 Å². The van der Waals surface area contributed by atoms with E-state index in [0.717, 1.165) is 42.0 Å². The number of H-pyrrole nitrogens is 1. The number of fused-ring (bicyclic) bond motifs is 1. The summed E-state index contributed by atoms with van der Waals surface area (Å²) in [6, 6.07) is 6.38. The van der Waals surface area contributed by atoms with Crippen LogP contribution in [-0.4, -0.2) is 41.8 Å². The first kappa shape index (κ1) is 18.8. The number of hydrogen-bond donors (Lipinski definition) is 3. The van der Waals surface area contributed by atoms with Crippen LogP contribution >= 0.6 is 23.1 Å². The summed E-state index contributed by atoms with van der Waals surface area (Å²) >= 11 is 3.50. The molecule has 0 bridgehead atoms. The van der Waals surface area contributed by atoms with Crippen LogP contribution in [-0.2, 0) is 6.42 Å². The lowest BCUT2D eigenvalue weighted by Crippen LogP contribution is -2.38. The molecule has 0 spiro atoms. The van der Waals surface area contributed by atoms with E-state index in [1.165, 1.54) is 22.0 Å². The SMILES string of the molecule is CN=C(NCCCSc1nccs1)NCCc1c[nH]c2cccc(C)c12. The second-order valence-corrected chi connectivity index (χ2v) is 8.22. The maximum atomic E-state index is 4.30. The van der Waals surface area contributed by atoms with Crippen molar-refractivity contribution in [3.8, 4) is 0 Å². The van der Waals surface area contributed by atoms with E-state index < -0.39 is 0 Å². The number of hydrogen-bond acceptors (Lipinski definition) is 4. The summed E-state index contributed by atoms with van der Waals surface area (Å²) in [5.74, 6) is 1.92. The fourth-order valence-corrected chi connectivity index (χ4v) is 4.55. The van der Waals surface area contributed by atoms with Crippen LogP contribution in [0.25, 0.3) is 10.9 Å². The van der Waals surface area contributed by atoms with Gasteiger partial charge in [0, 0.05) is 54.6 Å². The van der Waals surface area contributed by atoms with Crippen molar-refractivity contribution in [2.45, 2.75) is 24.1 Å². The highest BCUT2D eigenvalue weighted by atomic mass is 32.2. The summed E-state index contributed by atoms with van der Waals surface area (Å²) in [5, 5.41) is 10.1. The first-order chi connectivity index (χ1) is 12.8.